The van der Waals surface area contributed by atoms with Gasteiger partial charge < -0.3 is 0 Å². The van der Waals surface area contributed by atoms with Crippen LogP contribution in [0.5, 0.6) is 0 Å². The van der Waals surface area contributed by atoms with Gasteiger partial charge in [0.1, 0.15) is 0 Å². The number of hydrogen-bond donors (Lipinski definition) is 0. The molecule has 19 aromatic carbocycles. The van der Waals surface area contributed by atoms with Gasteiger partial charge in [0.15, 0.2) is 0 Å². The summed E-state index contributed by atoms with van der Waals surface area (Å²) in [5.74, 6) is 7.21. The van der Waals surface area contributed by atoms with Crippen LogP contribution in [0.3, 0.4) is 0 Å². The van der Waals surface area contributed by atoms with Crippen molar-refractivity contribution >= 4 is 81.0 Å². The second-order valence-electron chi connectivity index (χ2n) is 43.1. The fourth-order valence-electron chi connectivity index (χ4n) is 19.2. The monoisotopic (exact) mass is 1910 g/mol. The fraction of sp³-hybridized carbons (Fsp3) is 0.283. The van der Waals surface area contributed by atoms with Crippen LogP contribution in [-0.2, 0) is 19.3 Å². The molecule has 0 nitrogen and oxygen atoms in total. The van der Waals surface area contributed by atoms with E-state index >= 15 is 0 Å². The summed E-state index contributed by atoms with van der Waals surface area (Å²) in [7, 11) is 0. The van der Waals surface area contributed by atoms with E-state index in [-0.39, 0.29) is 0 Å². The minimum atomic E-state index is 0.569. The van der Waals surface area contributed by atoms with Crippen molar-refractivity contribution in [3.8, 4) is 11.1 Å². The average molecular weight is 1910 g/mol. The standard InChI is InChI=1S/2C17H16.C16H18.C15H22.C15H16.2C14H16.2C13H14.C11H16/c1-12(2)16-9-5-8-15-10-13-6-3-4-7-14(13)11-17(15)16;1-12(2)14-9-10-17-15(11-14)8-7-13-5-3-4-6-16(13)17;1-13(2)16-10-8-15(9-11-16)12-14-6-4-3-5-7-14;2*1-12(2)13-8-10-15(11-9-13)14-6-4-3-5-7-14;1-11(2)10-13-8-5-7-12-6-3-4-9-14(12)13;1-11(2)12-7-9-14(10-8-12)13-5-3-4-6-13;1-10(2)12-9-5-7-11-6-3-4-8-13(11)12;1-10(2)12-8-7-11-5-3-4-6-13(11)9-12;1-9(2)8-11-6-4-10(3)5-7-11/h2*3-12H,1-2H3;3-11,13H,12H2,1-2H3;8-12,14H,3-7H2,1-2H3;3-12H,1-2H3;3-9,11H,10H2,1-2H3;3-5,7-11H,6H2,1-2H3;2*3-10H,1-2H3;4-7,9H,8H2,1-3H3. The molecule has 0 heterocycles. The van der Waals surface area contributed by atoms with Gasteiger partial charge in [-0.25, -0.2) is 0 Å². The first-order valence-electron chi connectivity index (χ1n) is 54.2. The number of allylic oxidation sites excluding steroid dienone is 4. The molecule has 0 radical (unpaired) electrons. The van der Waals surface area contributed by atoms with Crippen molar-refractivity contribution in [1.29, 1.82) is 0 Å². The summed E-state index contributed by atoms with van der Waals surface area (Å²) in [6.07, 6.45) is 18.1. The summed E-state index contributed by atoms with van der Waals surface area (Å²) in [6.45, 7) is 46.9. The Kier molecular flexibility index (Phi) is 43.1. The molecular weight excluding hydrogens is 1740 g/mol. The van der Waals surface area contributed by atoms with Gasteiger partial charge in [-0.05, 0) is 293 Å². The van der Waals surface area contributed by atoms with E-state index in [1.165, 1.54) is 215 Å². The van der Waals surface area contributed by atoms with E-state index < -0.39 is 0 Å². The van der Waals surface area contributed by atoms with E-state index in [0.717, 1.165) is 30.6 Å². The van der Waals surface area contributed by atoms with Crippen molar-refractivity contribution in [2.45, 2.75) is 256 Å². The third-order valence-electron chi connectivity index (χ3n) is 28.0. The summed E-state index contributed by atoms with van der Waals surface area (Å²) in [5.41, 5.74) is 25.4. The van der Waals surface area contributed by atoms with Gasteiger partial charge in [-0.2, -0.15) is 0 Å². The number of rotatable bonds is 17. The van der Waals surface area contributed by atoms with Gasteiger partial charge in [0, 0.05) is 0 Å². The molecule has 0 amide bonds. The van der Waals surface area contributed by atoms with Gasteiger partial charge in [0.25, 0.3) is 0 Å². The summed E-state index contributed by atoms with van der Waals surface area (Å²) in [4.78, 5) is 0. The molecule has 0 aromatic heterocycles. The van der Waals surface area contributed by atoms with Crippen molar-refractivity contribution in [1.82, 2.24) is 0 Å². The maximum Gasteiger partial charge on any atom is -0.00258 e. The van der Waals surface area contributed by atoms with Gasteiger partial charge in [-0.1, -0.05) is 588 Å². The third kappa shape index (κ3) is 34.1. The Balaban J connectivity index is 0.000000144. The molecule has 2 aliphatic rings. The van der Waals surface area contributed by atoms with Gasteiger partial charge in [0.05, 0.1) is 0 Å². The summed E-state index contributed by atoms with van der Waals surface area (Å²) in [5, 5.41) is 18.9. The minimum Gasteiger partial charge on any atom is -0.0801 e. The maximum absolute atomic E-state index is 2.35. The van der Waals surface area contributed by atoms with Crippen LogP contribution in [-0.4, -0.2) is 0 Å². The zero-order chi connectivity index (χ0) is 103. The zero-order valence-electron chi connectivity index (χ0n) is 91.3. The van der Waals surface area contributed by atoms with Crippen LogP contribution in [0.2, 0.25) is 0 Å². The zero-order valence-corrected chi connectivity index (χ0v) is 91.3. The molecule has 19 aromatic rings. The van der Waals surface area contributed by atoms with Gasteiger partial charge >= 0.3 is 0 Å². The number of hydrogen-bond acceptors (Lipinski definition) is 0. The van der Waals surface area contributed by atoms with Crippen LogP contribution >= 0.6 is 0 Å². The van der Waals surface area contributed by atoms with E-state index in [2.05, 4.69) is 576 Å². The van der Waals surface area contributed by atoms with Crippen LogP contribution in [0.4, 0.5) is 0 Å². The van der Waals surface area contributed by atoms with Crippen molar-refractivity contribution in [3.63, 3.8) is 0 Å². The molecule has 0 heteroatoms. The van der Waals surface area contributed by atoms with E-state index in [0.29, 0.717) is 47.3 Å². The van der Waals surface area contributed by atoms with Crippen LogP contribution in [0, 0.1) is 18.8 Å². The highest BCUT2D eigenvalue weighted by Crippen LogP contribution is 2.37. The average Bonchev–Trinajstić information content (AvgIpc) is 1.25. The van der Waals surface area contributed by atoms with Crippen LogP contribution < -0.4 is 0 Å². The molecule has 145 heavy (non-hydrogen) atoms. The second-order valence-corrected chi connectivity index (χ2v) is 43.1. The molecule has 744 valence electrons. The van der Waals surface area contributed by atoms with Gasteiger partial charge in [-0.15, -0.1) is 0 Å². The predicted molar refractivity (Wildman–Crippen MR) is 644 cm³/mol. The van der Waals surface area contributed by atoms with Crippen molar-refractivity contribution in [2.75, 3.05) is 0 Å². The molecule has 2 aliphatic carbocycles. The second kappa shape index (κ2) is 56.7. The largest absolute Gasteiger partial charge is 0.0801 e. The molecular formula is C145H164. The lowest BCUT2D eigenvalue weighted by atomic mass is 9.83. The SMILES string of the molecule is CC(C)Cc1cccc2ccccc12.CC(C)c1ccc(-c2ccccc2)cc1.CC(C)c1ccc(C2=CC=CC2)cc1.CC(C)c1ccc(C2CCCCC2)cc1.CC(C)c1ccc(Cc2ccccc2)cc1.CC(C)c1ccc2c(ccc3ccccc32)c1.CC(C)c1ccc2ccccc2c1.CC(C)c1cccc2cc3ccccc3cc12.CC(C)c1cccc2ccccc12.Cc1ccc(CC(C)C)cc1. The molecule has 0 spiro atoms. The van der Waals surface area contributed by atoms with Crippen molar-refractivity contribution in [2.24, 2.45) is 11.8 Å². The Morgan fingerprint density at radius 3 is 1.10 bits per heavy atom. The van der Waals surface area contributed by atoms with E-state index in [9.17, 15) is 0 Å². The lowest BCUT2D eigenvalue weighted by molar-refractivity contribution is 0.443. The molecule has 0 saturated heterocycles. The normalized spacial score (nSPS) is 12.1. The highest BCUT2D eigenvalue weighted by molar-refractivity contribution is 6.07. The molecule has 21 rings (SSSR count). The number of fused-ring (bicyclic) bond motifs is 8. The Hall–Kier alpha value is -13.5. The minimum absolute atomic E-state index is 0.569. The Bertz CT molecular complexity index is 7130. The first kappa shape index (κ1) is 110. The molecule has 0 aliphatic heterocycles. The van der Waals surface area contributed by atoms with E-state index in [1.807, 2.05) is 6.07 Å². The maximum atomic E-state index is 2.35. The lowest BCUT2D eigenvalue weighted by Crippen LogP contribution is -2.04. The Morgan fingerprint density at radius 1 is 0.228 bits per heavy atom. The molecule has 1 fully saturated rings. The molecule has 0 N–H and O–H groups in total. The smallest absolute Gasteiger partial charge is 0.00258 e. The molecule has 0 unspecified atom stereocenters. The highest BCUT2D eigenvalue weighted by Gasteiger charge is 2.17. The van der Waals surface area contributed by atoms with Crippen molar-refractivity contribution in [3.05, 3.63) is 520 Å². The third-order valence-corrected chi connectivity index (χ3v) is 28.0. The highest BCUT2D eigenvalue weighted by atomic mass is 14.2. The topological polar surface area (TPSA) is 0 Å². The van der Waals surface area contributed by atoms with Crippen LogP contribution in [0.1, 0.15) is 314 Å². The first-order valence-corrected chi connectivity index (χ1v) is 54.2. The number of aryl methyl sites for hydroxylation is 1. The van der Waals surface area contributed by atoms with Crippen molar-refractivity contribution < 1.29 is 0 Å². The van der Waals surface area contributed by atoms with E-state index in [4.69, 9.17) is 0 Å². The summed E-state index contributed by atoms with van der Waals surface area (Å²) in [6, 6.07) is 151. The quantitative estimate of drug-likeness (QED) is 0.0630. The predicted octanol–water partition coefficient (Wildman–Crippen LogP) is 43.3. The summed E-state index contributed by atoms with van der Waals surface area (Å²) >= 11 is 0. The van der Waals surface area contributed by atoms with E-state index in [1.54, 1.807) is 5.56 Å². The molecule has 1 saturated carbocycles. The Labute approximate surface area is 874 Å². The summed E-state index contributed by atoms with van der Waals surface area (Å²) < 4.78 is 0. The lowest BCUT2D eigenvalue weighted by Gasteiger charge is -2.22. The van der Waals surface area contributed by atoms with Gasteiger partial charge in [-0.3, -0.25) is 0 Å². The van der Waals surface area contributed by atoms with Gasteiger partial charge in [0.2, 0.25) is 0 Å². The van der Waals surface area contributed by atoms with Crippen LogP contribution in [0.25, 0.3) is 92.1 Å². The fourth-order valence-corrected chi connectivity index (χ4v) is 19.2. The molecule has 0 bridgehead atoms. The number of benzene rings is 19. The molecule has 0 atom stereocenters. The Morgan fingerprint density at radius 2 is 0.586 bits per heavy atom. The first-order chi connectivity index (χ1) is 70.1. The van der Waals surface area contributed by atoms with Crippen LogP contribution in [0.15, 0.2) is 437 Å².